The molecule has 0 aromatic heterocycles. The third-order valence-corrected chi connectivity index (χ3v) is 3.98. The molecule has 4 nitrogen and oxygen atoms in total. The molecule has 3 N–H and O–H groups in total. The number of aromatic hydroxyl groups is 1. The highest BCUT2D eigenvalue weighted by molar-refractivity contribution is 5.80. The summed E-state index contributed by atoms with van der Waals surface area (Å²) >= 11 is 0. The fourth-order valence-corrected chi connectivity index (χ4v) is 2.85. The minimum atomic E-state index is 0.295. The molecule has 0 saturated heterocycles. The number of hydrogen-bond donors (Lipinski definition) is 3. The van der Waals surface area contributed by atoms with Gasteiger partial charge in [-0.3, -0.25) is 0 Å². The molecule has 2 atom stereocenters. The van der Waals surface area contributed by atoms with Crippen LogP contribution in [0.5, 0.6) is 5.75 Å². The van der Waals surface area contributed by atoms with Crippen molar-refractivity contribution in [3.8, 4) is 5.75 Å². The summed E-state index contributed by atoms with van der Waals surface area (Å²) < 4.78 is 0. The molecule has 1 fully saturated rings. The van der Waals surface area contributed by atoms with E-state index in [4.69, 9.17) is 0 Å². The first-order valence-electron chi connectivity index (χ1n) is 8.00. The normalized spacial score (nSPS) is 22.9. The quantitative estimate of drug-likeness (QED) is 0.590. The van der Waals surface area contributed by atoms with Crippen LogP contribution in [0, 0.1) is 5.92 Å². The smallest absolute Gasteiger partial charge is 0.191 e. The first-order valence-corrected chi connectivity index (χ1v) is 8.00. The van der Waals surface area contributed by atoms with Crippen molar-refractivity contribution in [2.75, 3.05) is 6.54 Å². The zero-order valence-corrected chi connectivity index (χ0v) is 13.1. The van der Waals surface area contributed by atoms with Crippen LogP contribution in [0.3, 0.4) is 0 Å². The fourth-order valence-electron chi connectivity index (χ4n) is 2.85. The van der Waals surface area contributed by atoms with Gasteiger partial charge in [-0.1, -0.05) is 31.9 Å². The van der Waals surface area contributed by atoms with E-state index < -0.39 is 0 Å². The van der Waals surface area contributed by atoms with Gasteiger partial charge in [-0.15, -0.1) is 0 Å². The molecule has 0 bridgehead atoms. The van der Waals surface area contributed by atoms with Crippen LogP contribution in [-0.2, 0) is 6.54 Å². The lowest BCUT2D eigenvalue weighted by Gasteiger charge is -2.28. The van der Waals surface area contributed by atoms with Gasteiger partial charge in [0.1, 0.15) is 5.75 Å². The fraction of sp³-hybridized carbons (Fsp3) is 0.588. The maximum atomic E-state index is 9.30. The van der Waals surface area contributed by atoms with E-state index in [0.717, 1.165) is 24.0 Å². The first kappa shape index (κ1) is 15.7. The van der Waals surface area contributed by atoms with Crippen molar-refractivity contribution in [2.45, 2.75) is 52.1 Å². The minimum Gasteiger partial charge on any atom is -0.508 e. The van der Waals surface area contributed by atoms with E-state index in [1.54, 1.807) is 12.1 Å². The summed E-state index contributed by atoms with van der Waals surface area (Å²) in [6.45, 7) is 5.90. The van der Waals surface area contributed by atoms with Crippen LogP contribution >= 0.6 is 0 Å². The van der Waals surface area contributed by atoms with E-state index in [1.807, 2.05) is 12.1 Å². The molecule has 0 aliphatic heterocycles. The van der Waals surface area contributed by atoms with Crippen molar-refractivity contribution in [1.82, 2.24) is 10.6 Å². The number of nitrogens with zero attached hydrogens (tertiary/aromatic N) is 1. The van der Waals surface area contributed by atoms with Crippen molar-refractivity contribution in [3.63, 3.8) is 0 Å². The van der Waals surface area contributed by atoms with E-state index in [2.05, 4.69) is 29.5 Å². The minimum absolute atomic E-state index is 0.295. The SMILES string of the molecule is CCNC(=NCc1ccc(O)cc1)NC1CCCC(C)C1. The van der Waals surface area contributed by atoms with Gasteiger partial charge in [0.25, 0.3) is 0 Å². The zero-order chi connectivity index (χ0) is 15.1. The van der Waals surface area contributed by atoms with E-state index in [9.17, 15) is 5.11 Å². The number of phenols is 1. The molecule has 4 heteroatoms. The second kappa shape index (κ2) is 7.91. The van der Waals surface area contributed by atoms with Gasteiger partial charge in [-0.2, -0.15) is 0 Å². The maximum absolute atomic E-state index is 9.30. The van der Waals surface area contributed by atoms with E-state index in [-0.39, 0.29) is 0 Å². The standard InChI is InChI=1S/C17H27N3O/c1-3-18-17(20-15-6-4-5-13(2)11-15)19-12-14-7-9-16(21)10-8-14/h7-10,13,15,21H,3-6,11-12H2,1-2H3,(H2,18,19,20). The summed E-state index contributed by atoms with van der Waals surface area (Å²) in [7, 11) is 0. The van der Waals surface area contributed by atoms with Crippen LogP contribution < -0.4 is 10.6 Å². The van der Waals surface area contributed by atoms with Crippen LogP contribution in [0.1, 0.15) is 45.1 Å². The molecule has 0 amide bonds. The molecule has 1 aliphatic rings. The highest BCUT2D eigenvalue weighted by Gasteiger charge is 2.19. The Hall–Kier alpha value is -1.71. The molecule has 0 radical (unpaired) electrons. The molecule has 1 aromatic rings. The Kier molecular flexibility index (Phi) is 5.90. The highest BCUT2D eigenvalue weighted by Crippen LogP contribution is 2.23. The lowest BCUT2D eigenvalue weighted by atomic mass is 9.87. The number of phenolic OH excluding ortho intramolecular Hbond substituents is 1. The summed E-state index contributed by atoms with van der Waals surface area (Å²) in [4.78, 5) is 4.65. The third kappa shape index (κ3) is 5.29. The molecule has 0 heterocycles. The van der Waals surface area contributed by atoms with Gasteiger partial charge in [0.05, 0.1) is 6.54 Å². The lowest BCUT2D eigenvalue weighted by molar-refractivity contribution is 0.324. The lowest BCUT2D eigenvalue weighted by Crippen LogP contribution is -2.45. The summed E-state index contributed by atoms with van der Waals surface area (Å²) in [5.74, 6) is 1.99. The van der Waals surface area contributed by atoms with Crippen molar-refractivity contribution in [3.05, 3.63) is 29.8 Å². The van der Waals surface area contributed by atoms with E-state index in [1.165, 1.54) is 25.7 Å². The van der Waals surface area contributed by atoms with Gasteiger partial charge < -0.3 is 15.7 Å². The molecular weight excluding hydrogens is 262 g/mol. The molecule has 21 heavy (non-hydrogen) atoms. The van der Waals surface area contributed by atoms with Gasteiger partial charge in [0.15, 0.2) is 5.96 Å². The molecule has 1 saturated carbocycles. The van der Waals surface area contributed by atoms with Crippen molar-refractivity contribution in [2.24, 2.45) is 10.9 Å². The Morgan fingerprint density at radius 3 is 2.71 bits per heavy atom. The van der Waals surface area contributed by atoms with Crippen LogP contribution in [-0.4, -0.2) is 23.7 Å². The van der Waals surface area contributed by atoms with Gasteiger partial charge in [-0.05, 0) is 43.4 Å². The molecule has 1 aromatic carbocycles. The first-order chi connectivity index (χ1) is 10.2. The van der Waals surface area contributed by atoms with Crippen LogP contribution in [0.4, 0.5) is 0 Å². The highest BCUT2D eigenvalue weighted by atomic mass is 16.3. The number of nitrogens with one attached hydrogen (secondary N) is 2. The average molecular weight is 289 g/mol. The summed E-state index contributed by atoms with van der Waals surface area (Å²) in [6, 6.07) is 7.75. The van der Waals surface area contributed by atoms with Gasteiger partial charge in [-0.25, -0.2) is 4.99 Å². The molecule has 1 aliphatic carbocycles. The van der Waals surface area contributed by atoms with E-state index in [0.29, 0.717) is 18.3 Å². The monoisotopic (exact) mass is 289 g/mol. The Labute approximate surface area is 127 Å². The number of benzene rings is 1. The average Bonchev–Trinajstić information content (AvgIpc) is 2.47. The van der Waals surface area contributed by atoms with Crippen molar-refractivity contribution in [1.29, 1.82) is 0 Å². The van der Waals surface area contributed by atoms with Crippen LogP contribution in [0.15, 0.2) is 29.3 Å². The number of guanidine groups is 1. The van der Waals surface area contributed by atoms with Crippen molar-refractivity contribution >= 4 is 5.96 Å². The topological polar surface area (TPSA) is 56.7 Å². The maximum Gasteiger partial charge on any atom is 0.191 e. The van der Waals surface area contributed by atoms with Gasteiger partial charge in [0.2, 0.25) is 0 Å². The Morgan fingerprint density at radius 2 is 2.05 bits per heavy atom. The Bertz CT molecular complexity index is 456. The second-order valence-electron chi connectivity index (χ2n) is 5.97. The number of aliphatic imine (C=N–C) groups is 1. The summed E-state index contributed by atoms with van der Waals surface area (Å²) in [5.41, 5.74) is 1.10. The summed E-state index contributed by atoms with van der Waals surface area (Å²) in [6.07, 6.45) is 5.10. The second-order valence-corrected chi connectivity index (χ2v) is 5.97. The molecule has 2 unspecified atom stereocenters. The number of rotatable bonds is 4. The summed E-state index contributed by atoms with van der Waals surface area (Å²) in [5, 5.41) is 16.2. The predicted molar refractivity (Wildman–Crippen MR) is 87.5 cm³/mol. The largest absolute Gasteiger partial charge is 0.508 e. The molecule has 2 rings (SSSR count). The molecular formula is C17H27N3O. The van der Waals surface area contributed by atoms with Crippen LogP contribution in [0.2, 0.25) is 0 Å². The van der Waals surface area contributed by atoms with E-state index >= 15 is 0 Å². The van der Waals surface area contributed by atoms with Crippen LogP contribution in [0.25, 0.3) is 0 Å². The van der Waals surface area contributed by atoms with Crippen molar-refractivity contribution < 1.29 is 5.11 Å². The zero-order valence-electron chi connectivity index (χ0n) is 13.1. The predicted octanol–water partition coefficient (Wildman–Crippen LogP) is 3.03. The number of hydrogen-bond acceptors (Lipinski definition) is 2. The molecule has 0 spiro atoms. The van der Waals surface area contributed by atoms with Gasteiger partial charge >= 0.3 is 0 Å². The Morgan fingerprint density at radius 1 is 1.29 bits per heavy atom. The van der Waals surface area contributed by atoms with Gasteiger partial charge in [0, 0.05) is 12.6 Å². The Balaban J connectivity index is 1.93. The molecule has 116 valence electrons. The third-order valence-electron chi connectivity index (χ3n) is 3.98.